The lowest BCUT2D eigenvalue weighted by Crippen LogP contribution is -2.28. The number of fused-ring (bicyclic) bond motifs is 1. The molecular formula is C29H28FN9O2. The number of nitrogens with one attached hydrogen (secondary N) is 2. The van der Waals surface area contributed by atoms with E-state index in [1.807, 2.05) is 39.0 Å². The molecule has 12 heteroatoms. The Morgan fingerprint density at radius 2 is 1.85 bits per heavy atom. The van der Waals surface area contributed by atoms with Crippen molar-refractivity contribution in [3.63, 3.8) is 0 Å². The van der Waals surface area contributed by atoms with Crippen molar-refractivity contribution in [3.8, 4) is 5.69 Å². The molecule has 2 aliphatic heterocycles. The van der Waals surface area contributed by atoms with Crippen molar-refractivity contribution in [2.75, 3.05) is 17.2 Å². The van der Waals surface area contributed by atoms with Gasteiger partial charge in [-0.2, -0.15) is 10.2 Å². The predicted molar refractivity (Wildman–Crippen MR) is 154 cm³/mol. The monoisotopic (exact) mass is 553 g/mol. The molecule has 0 radical (unpaired) electrons. The molecule has 0 bridgehead atoms. The summed E-state index contributed by atoms with van der Waals surface area (Å²) in [6.45, 7) is 6.62. The smallest absolute Gasteiger partial charge is 0.324 e. The quantitative estimate of drug-likeness (QED) is 0.316. The van der Waals surface area contributed by atoms with Crippen LogP contribution >= 0.6 is 0 Å². The maximum atomic E-state index is 13.5. The number of urea groups is 1. The van der Waals surface area contributed by atoms with Gasteiger partial charge in [-0.25, -0.2) is 23.8 Å². The number of anilines is 2. The number of oxazole rings is 1. The van der Waals surface area contributed by atoms with Crippen LogP contribution in [0.25, 0.3) is 11.3 Å². The summed E-state index contributed by atoms with van der Waals surface area (Å²) in [7, 11) is 0. The zero-order chi connectivity index (χ0) is 28.7. The Bertz CT molecular complexity index is 1680. The van der Waals surface area contributed by atoms with Crippen LogP contribution in [0.2, 0.25) is 0 Å². The van der Waals surface area contributed by atoms with Gasteiger partial charge in [-0.05, 0) is 42.0 Å². The number of amides is 2. The number of halogens is 1. The fourth-order valence-electron chi connectivity index (χ4n) is 4.84. The molecule has 41 heavy (non-hydrogen) atoms. The zero-order valence-electron chi connectivity index (χ0n) is 22.7. The number of aromatic nitrogens is 3. The summed E-state index contributed by atoms with van der Waals surface area (Å²) in [5, 5.41) is 16.6. The van der Waals surface area contributed by atoms with E-state index >= 15 is 0 Å². The number of nitrogens with zero attached hydrogens (tertiary/aromatic N) is 6. The molecule has 0 saturated heterocycles. The van der Waals surface area contributed by atoms with Crippen LogP contribution < -0.4 is 16.4 Å². The average Bonchev–Trinajstić information content (AvgIpc) is 3.69. The van der Waals surface area contributed by atoms with Gasteiger partial charge in [0.15, 0.2) is 12.2 Å². The molecule has 208 valence electrons. The Morgan fingerprint density at radius 3 is 2.54 bits per heavy atom. The van der Waals surface area contributed by atoms with E-state index in [2.05, 4.69) is 30.8 Å². The molecule has 0 fully saturated rings. The van der Waals surface area contributed by atoms with E-state index in [1.165, 1.54) is 24.9 Å². The van der Waals surface area contributed by atoms with Gasteiger partial charge in [0, 0.05) is 22.7 Å². The fraction of sp³-hybridized carbons (Fsp3) is 0.207. The molecule has 2 aromatic heterocycles. The van der Waals surface area contributed by atoms with E-state index in [0.717, 1.165) is 22.5 Å². The Labute approximate surface area is 235 Å². The minimum Gasteiger partial charge on any atom is -0.448 e. The third-order valence-corrected chi connectivity index (χ3v) is 6.89. The van der Waals surface area contributed by atoms with Crippen molar-refractivity contribution in [2.24, 2.45) is 15.8 Å². The molecule has 4 heterocycles. The van der Waals surface area contributed by atoms with Gasteiger partial charge in [0.2, 0.25) is 0 Å². The van der Waals surface area contributed by atoms with E-state index in [-0.39, 0.29) is 17.2 Å². The first-order chi connectivity index (χ1) is 19.7. The van der Waals surface area contributed by atoms with Gasteiger partial charge in [0.05, 0.1) is 30.0 Å². The number of nitrogens with two attached hydrogens (primary N) is 1. The molecule has 0 aliphatic carbocycles. The first-order valence-electron chi connectivity index (χ1n) is 13.0. The normalized spacial score (nSPS) is 16.5. The van der Waals surface area contributed by atoms with E-state index in [1.54, 1.807) is 40.2 Å². The molecule has 4 aromatic rings. The van der Waals surface area contributed by atoms with Crippen LogP contribution in [0.1, 0.15) is 43.7 Å². The van der Waals surface area contributed by atoms with Gasteiger partial charge in [-0.3, -0.25) is 10.3 Å². The number of aliphatic imine (C=N–C) groups is 1. The van der Waals surface area contributed by atoms with E-state index in [9.17, 15) is 9.18 Å². The van der Waals surface area contributed by atoms with Crippen LogP contribution in [0.15, 0.2) is 87.4 Å². The highest BCUT2D eigenvalue weighted by Gasteiger charge is 2.38. The average molecular weight is 554 g/mol. The van der Waals surface area contributed by atoms with Crippen molar-refractivity contribution >= 4 is 35.3 Å². The molecule has 11 nitrogen and oxygen atoms in total. The van der Waals surface area contributed by atoms with Gasteiger partial charge in [0.25, 0.3) is 0 Å². The first-order valence-corrected chi connectivity index (χ1v) is 13.0. The van der Waals surface area contributed by atoms with Crippen LogP contribution in [0, 0.1) is 5.82 Å². The molecule has 0 spiro atoms. The molecule has 2 aliphatic rings. The number of hydrogen-bond donors (Lipinski definition) is 3. The van der Waals surface area contributed by atoms with Crippen molar-refractivity contribution < 1.29 is 13.6 Å². The molecular weight excluding hydrogens is 525 g/mol. The predicted octanol–water partition coefficient (Wildman–Crippen LogP) is 5.07. The summed E-state index contributed by atoms with van der Waals surface area (Å²) in [6.07, 6.45) is 4.51. The van der Waals surface area contributed by atoms with Gasteiger partial charge in [-0.15, -0.1) is 0 Å². The van der Waals surface area contributed by atoms with Gasteiger partial charge in [0.1, 0.15) is 29.4 Å². The lowest BCUT2D eigenvalue weighted by Gasteiger charge is -2.18. The van der Waals surface area contributed by atoms with Gasteiger partial charge < -0.3 is 15.5 Å². The molecule has 2 aromatic carbocycles. The molecule has 2 amide bonds. The summed E-state index contributed by atoms with van der Waals surface area (Å²) in [6, 6.07) is 14.7. The molecule has 6 rings (SSSR count). The van der Waals surface area contributed by atoms with Crippen molar-refractivity contribution in [1.29, 1.82) is 0 Å². The molecule has 0 saturated carbocycles. The highest BCUT2D eigenvalue weighted by atomic mass is 19.1. The summed E-state index contributed by atoms with van der Waals surface area (Å²) < 4.78 is 20.7. The largest absolute Gasteiger partial charge is 0.448 e. The number of carbonyl (C=O) groups is 1. The molecule has 4 N–H and O–H groups in total. The van der Waals surface area contributed by atoms with Crippen LogP contribution in [0.4, 0.5) is 20.7 Å². The van der Waals surface area contributed by atoms with E-state index in [0.29, 0.717) is 35.3 Å². The Hall–Kier alpha value is -5.26. The lowest BCUT2D eigenvalue weighted by atomic mass is 9.91. The van der Waals surface area contributed by atoms with Crippen molar-refractivity contribution in [3.05, 3.63) is 95.7 Å². The number of benzene rings is 2. The number of amidine groups is 1. The maximum Gasteiger partial charge on any atom is 0.324 e. The van der Waals surface area contributed by atoms with E-state index in [4.69, 9.17) is 10.2 Å². The van der Waals surface area contributed by atoms with Crippen molar-refractivity contribution in [2.45, 2.75) is 32.1 Å². The Kier molecular flexibility index (Phi) is 6.37. The maximum absolute atomic E-state index is 13.5. The van der Waals surface area contributed by atoms with Crippen LogP contribution in [0.3, 0.4) is 0 Å². The number of hydrogen-bond acceptors (Lipinski definition) is 8. The van der Waals surface area contributed by atoms with E-state index < -0.39 is 6.03 Å². The minimum absolute atomic E-state index is 0.151. The summed E-state index contributed by atoms with van der Waals surface area (Å²) in [5.41, 5.74) is 10.5. The highest BCUT2D eigenvalue weighted by molar-refractivity contribution is 6.09. The van der Waals surface area contributed by atoms with Crippen LogP contribution in [0.5, 0.6) is 0 Å². The molecule has 1 atom stereocenters. The summed E-state index contributed by atoms with van der Waals surface area (Å²) in [4.78, 5) is 21.3. The number of hydrazone groups is 1. The van der Waals surface area contributed by atoms with Crippen LogP contribution in [-0.2, 0) is 5.41 Å². The standard InChI is InChI=1S/C29H28FN9O2/c1-29(2,3)23-12-24(39(37-23)20-10-6-18(30)7-11-20)36-28(40)35-19-8-4-17(5-9-19)25-21(22-13-32-16-41-22)14-38-26(25)27(31)33-15-34-38/h4-13,15-16,21H,14H2,1-3H3,(H2,31,33,34)(H2,35,36,40). The van der Waals surface area contributed by atoms with Gasteiger partial charge in [-0.1, -0.05) is 32.9 Å². The van der Waals surface area contributed by atoms with Gasteiger partial charge >= 0.3 is 6.03 Å². The molecule has 1 unspecified atom stereocenters. The first kappa shape index (κ1) is 26.0. The Morgan fingerprint density at radius 1 is 1.10 bits per heavy atom. The third kappa shape index (κ3) is 5.07. The minimum atomic E-state index is -0.451. The van der Waals surface area contributed by atoms with Crippen LogP contribution in [-0.4, -0.2) is 44.5 Å². The zero-order valence-corrected chi connectivity index (χ0v) is 22.7. The Balaban J connectivity index is 1.24. The summed E-state index contributed by atoms with van der Waals surface area (Å²) in [5.74, 6) is 1.01. The second-order valence-corrected chi connectivity index (χ2v) is 10.8. The highest BCUT2D eigenvalue weighted by Crippen LogP contribution is 2.43. The number of carbonyl (C=O) groups excluding carboxylic acids is 1. The third-order valence-electron chi connectivity index (χ3n) is 6.89. The topological polar surface area (TPSA) is 139 Å². The summed E-state index contributed by atoms with van der Waals surface area (Å²) >= 11 is 0. The lowest BCUT2D eigenvalue weighted by molar-refractivity contribution is 0.262. The fourth-order valence-corrected chi connectivity index (χ4v) is 4.84. The second kappa shape index (κ2) is 10.0. The SMILES string of the molecule is CC(C)(C)c1cc(NC(=O)Nc2ccc(C3=C4C(N)=NC=NN4CC3c3cnco3)cc2)n(-c2ccc(F)cc2)n1. The van der Waals surface area contributed by atoms with Crippen molar-refractivity contribution in [1.82, 2.24) is 19.8 Å². The second-order valence-electron chi connectivity index (χ2n) is 10.8. The number of rotatable bonds is 5.